The van der Waals surface area contributed by atoms with E-state index in [0.29, 0.717) is 5.41 Å². The van der Waals surface area contributed by atoms with Crippen molar-refractivity contribution in [2.45, 2.75) is 47.0 Å². The molecule has 0 N–H and O–H groups in total. The van der Waals surface area contributed by atoms with E-state index in [1.165, 1.54) is 12.8 Å². The van der Waals surface area contributed by atoms with Gasteiger partial charge in [-0.05, 0) is 24.2 Å². The summed E-state index contributed by atoms with van der Waals surface area (Å²) in [5.41, 5.74) is 0.489. The highest BCUT2D eigenvalue weighted by atomic mass is 14.3. The molecule has 0 spiro atoms. The molecule has 0 heterocycles. The summed E-state index contributed by atoms with van der Waals surface area (Å²) in [4.78, 5) is 0. The highest BCUT2D eigenvalue weighted by molar-refractivity contribution is 4.78. The first-order valence-corrected chi connectivity index (χ1v) is 4.65. The maximum atomic E-state index is 3.75. The van der Waals surface area contributed by atoms with Crippen LogP contribution in [0.5, 0.6) is 0 Å². The van der Waals surface area contributed by atoms with Gasteiger partial charge in [0.15, 0.2) is 0 Å². The van der Waals surface area contributed by atoms with Gasteiger partial charge in [0.05, 0.1) is 0 Å². The molecule has 0 nitrogen and oxygen atoms in total. The summed E-state index contributed by atoms with van der Waals surface area (Å²) >= 11 is 0. The normalized spacial score (nSPS) is 14.5. The van der Waals surface area contributed by atoms with Crippen LogP contribution in [-0.4, -0.2) is 0 Å². The average Bonchev–Trinajstić information content (AvgIpc) is 1.99. The molecule has 0 aromatic rings. The molecule has 0 rings (SSSR count). The van der Waals surface area contributed by atoms with E-state index in [1.807, 2.05) is 6.08 Å². The van der Waals surface area contributed by atoms with Crippen molar-refractivity contribution in [3.8, 4) is 0 Å². The van der Waals surface area contributed by atoms with Crippen LogP contribution in [0.4, 0.5) is 0 Å². The number of hydrogen-bond donors (Lipinski definition) is 0. The summed E-state index contributed by atoms with van der Waals surface area (Å²) in [6, 6.07) is 0. The summed E-state index contributed by atoms with van der Waals surface area (Å²) in [5.74, 6) is 0.822. The maximum Gasteiger partial charge on any atom is -0.0326 e. The molecule has 0 saturated carbocycles. The lowest BCUT2D eigenvalue weighted by molar-refractivity contribution is 0.208. The lowest BCUT2D eigenvalue weighted by Gasteiger charge is -2.30. The Kier molecular flexibility index (Phi) is 4.48. The predicted molar refractivity (Wildman–Crippen MR) is 52.7 cm³/mol. The SMILES string of the molecule is C=CCCC(C)(C)C(C)CC. The van der Waals surface area contributed by atoms with Crippen LogP contribution < -0.4 is 0 Å². The molecule has 0 aliphatic heterocycles. The molecule has 0 bridgehead atoms. The third-order valence-corrected chi connectivity index (χ3v) is 2.94. The Morgan fingerprint density at radius 2 is 2.00 bits per heavy atom. The second-order valence-corrected chi connectivity index (χ2v) is 4.13. The predicted octanol–water partition coefficient (Wildman–Crippen LogP) is 4.02. The summed E-state index contributed by atoms with van der Waals surface area (Å²) in [6.45, 7) is 13.1. The minimum absolute atomic E-state index is 0.489. The third-order valence-electron chi connectivity index (χ3n) is 2.94. The third kappa shape index (κ3) is 3.60. The highest BCUT2D eigenvalue weighted by Crippen LogP contribution is 2.33. The van der Waals surface area contributed by atoms with E-state index >= 15 is 0 Å². The molecule has 0 aromatic heterocycles. The van der Waals surface area contributed by atoms with Gasteiger partial charge >= 0.3 is 0 Å². The van der Waals surface area contributed by atoms with Crippen LogP contribution in [0.2, 0.25) is 0 Å². The van der Waals surface area contributed by atoms with Gasteiger partial charge in [-0.25, -0.2) is 0 Å². The van der Waals surface area contributed by atoms with Crippen molar-refractivity contribution in [2.24, 2.45) is 11.3 Å². The quantitative estimate of drug-likeness (QED) is 0.524. The van der Waals surface area contributed by atoms with Gasteiger partial charge in [-0.15, -0.1) is 6.58 Å². The molecule has 0 radical (unpaired) electrons. The van der Waals surface area contributed by atoms with Gasteiger partial charge in [0.2, 0.25) is 0 Å². The highest BCUT2D eigenvalue weighted by Gasteiger charge is 2.22. The van der Waals surface area contributed by atoms with Crippen molar-refractivity contribution in [3.05, 3.63) is 12.7 Å². The van der Waals surface area contributed by atoms with E-state index in [1.54, 1.807) is 0 Å². The van der Waals surface area contributed by atoms with Gasteiger partial charge < -0.3 is 0 Å². The smallest absolute Gasteiger partial charge is 0.0326 e. The molecule has 1 unspecified atom stereocenters. The van der Waals surface area contributed by atoms with E-state index in [4.69, 9.17) is 0 Å². The largest absolute Gasteiger partial charge is 0.103 e. The zero-order chi connectivity index (χ0) is 8.91. The van der Waals surface area contributed by atoms with Gasteiger partial charge in [-0.3, -0.25) is 0 Å². The second-order valence-electron chi connectivity index (χ2n) is 4.13. The van der Waals surface area contributed by atoms with Crippen LogP contribution >= 0.6 is 0 Å². The first kappa shape index (κ1) is 10.7. The molecular weight excluding hydrogens is 132 g/mol. The van der Waals surface area contributed by atoms with Crippen molar-refractivity contribution >= 4 is 0 Å². The molecule has 0 aliphatic rings. The molecule has 0 heteroatoms. The minimum Gasteiger partial charge on any atom is -0.103 e. The number of rotatable bonds is 5. The average molecular weight is 154 g/mol. The van der Waals surface area contributed by atoms with Crippen molar-refractivity contribution in [3.63, 3.8) is 0 Å². The second kappa shape index (κ2) is 4.58. The minimum atomic E-state index is 0.489. The van der Waals surface area contributed by atoms with Gasteiger partial charge in [0.1, 0.15) is 0 Å². The van der Waals surface area contributed by atoms with Crippen molar-refractivity contribution in [1.29, 1.82) is 0 Å². The van der Waals surface area contributed by atoms with Gasteiger partial charge in [-0.2, -0.15) is 0 Å². The summed E-state index contributed by atoms with van der Waals surface area (Å²) < 4.78 is 0. The Hall–Kier alpha value is -0.260. The molecule has 0 aromatic carbocycles. The number of hydrogen-bond acceptors (Lipinski definition) is 0. The van der Waals surface area contributed by atoms with Gasteiger partial charge in [0, 0.05) is 0 Å². The Labute approximate surface area is 71.7 Å². The van der Waals surface area contributed by atoms with E-state index in [0.717, 1.165) is 12.3 Å². The standard InChI is InChI=1S/C11H22/c1-6-8-9-11(4,5)10(3)7-2/h6,10H,1,7-9H2,2-5H3. The number of allylic oxidation sites excluding steroid dienone is 1. The fourth-order valence-corrected chi connectivity index (χ4v) is 1.27. The molecular formula is C11H22. The van der Waals surface area contributed by atoms with Crippen LogP contribution in [-0.2, 0) is 0 Å². The summed E-state index contributed by atoms with van der Waals surface area (Å²) in [5, 5.41) is 0. The van der Waals surface area contributed by atoms with E-state index in [2.05, 4.69) is 34.3 Å². The van der Waals surface area contributed by atoms with Crippen LogP contribution in [0, 0.1) is 11.3 Å². The summed E-state index contributed by atoms with van der Waals surface area (Å²) in [7, 11) is 0. The van der Waals surface area contributed by atoms with Crippen molar-refractivity contribution in [2.75, 3.05) is 0 Å². The van der Waals surface area contributed by atoms with Crippen LogP contribution in [0.15, 0.2) is 12.7 Å². The first-order chi connectivity index (χ1) is 5.04. The molecule has 0 aliphatic carbocycles. The van der Waals surface area contributed by atoms with Crippen LogP contribution in [0.1, 0.15) is 47.0 Å². The molecule has 0 amide bonds. The summed E-state index contributed by atoms with van der Waals surface area (Å²) in [6.07, 6.45) is 5.72. The maximum absolute atomic E-state index is 3.75. The lowest BCUT2D eigenvalue weighted by atomic mass is 9.75. The molecule has 11 heavy (non-hydrogen) atoms. The topological polar surface area (TPSA) is 0 Å². The molecule has 0 saturated heterocycles. The Morgan fingerprint density at radius 1 is 1.45 bits per heavy atom. The molecule has 0 fully saturated rings. The molecule has 66 valence electrons. The monoisotopic (exact) mass is 154 g/mol. The van der Waals surface area contributed by atoms with Gasteiger partial charge in [0.25, 0.3) is 0 Å². The fourth-order valence-electron chi connectivity index (χ4n) is 1.27. The van der Waals surface area contributed by atoms with E-state index < -0.39 is 0 Å². The van der Waals surface area contributed by atoms with Crippen LogP contribution in [0.25, 0.3) is 0 Å². The fraction of sp³-hybridized carbons (Fsp3) is 0.818. The van der Waals surface area contributed by atoms with Crippen LogP contribution in [0.3, 0.4) is 0 Å². The zero-order valence-electron chi connectivity index (χ0n) is 8.48. The molecule has 1 atom stereocenters. The Bertz CT molecular complexity index is 111. The van der Waals surface area contributed by atoms with Crippen molar-refractivity contribution < 1.29 is 0 Å². The van der Waals surface area contributed by atoms with Gasteiger partial charge in [-0.1, -0.05) is 40.2 Å². The van der Waals surface area contributed by atoms with E-state index in [-0.39, 0.29) is 0 Å². The first-order valence-electron chi connectivity index (χ1n) is 4.65. The Balaban J connectivity index is 3.86. The van der Waals surface area contributed by atoms with E-state index in [9.17, 15) is 0 Å². The lowest BCUT2D eigenvalue weighted by Crippen LogP contribution is -2.20. The Morgan fingerprint density at radius 3 is 2.36 bits per heavy atom. The van der Waals surface area contributed by atoms with Crippen molar-refractivity contribution in [1.82, 2.24) is 0 Å². The zero-order valence-corrected chi connectivity index (χ0v) is 8.48.